The van der Waals surface area contributed by atoms with Gasteiger partial charge in [-0.15, -0.1) is 0 Å². The normalized spacial score (nSPS) is 11.7. The molecule has 2 N–H and O–H groups in total. The van der Waals surface area contributed by atoms with Crippen molar-refractivity contribution < 1.29 is 0 Å². The zero-order valence-corrected chi connectivity index (χ0v) is 34.5. The van der Waals surface area contributed by atoms with Crippen LogP contribution in [-0.4, -0.2) is 4.57 Å². The van der Waals surface area contributed by atoms with Gasteiger partial charge in [-0.3, -0.25) is 0 Å². The van der Waals surface area contributed by atoms with E-state index in [4.69, 9.17) is 0 Å². The zero-order chi connectivity index (χ0) is 40.7. The zero-order valence-electron chi connectivity index (χ0n) is 34.5. The summed E-state index contributed by atoms with van der Waals surface area (Å²) in [7, 11) is 0. The van der Waals surface area contributed by atoms with Crippen LogP contribution in [0.15, 0.2) is 194 Å². The highest BCUT2D eigenvalue weighted by Crippen LogP contribution is 2.44. The third-order valence-electron chi connectivity index (χ3n) is 12.6. The van der Waals surface area contributed by atoms with Crippen LogP contribution in [0.25, 0.3) is 81.7 Å². The van der Waals surface area contributed by atoms with Crippen LogP contribution >= 0.6 is 0 Å². The Hall–Kier alpha value is -7.36. The minimum atomic E-state index is 0.994. The Morgan fingerprint density at radius 2 is 1.02 bits per heavy atom. The van der Waals surface area contributed by atoms with E-state index in [9.17, 15) is 0 Å². The Bertz CT molecular complexity index is 3420. The summed E-state index contributed by atoms with van der Waals surface area (Å²) in [4.78, 5) is 0. The van der Waals surface area contributed by atoms with Crippen molar-refractivity contribution in [2.24, 2.45) is 0 Å². The number of anilines is 4. The molecule has 11 rings (SSSR count). The summed E-state index contributed by atoms with van der Waals surface area (Å²) in [5.74, 6) is 0. The minimum Gasteiger partial charge on any atom is -0.355 e. The van der Waals surface area contributed by atoms with E-state index in [0.717, 1.165) is 41.3 Å². The summed E-state index contributed by atoms with van der Waals surface area (Å²) in [5, 5.41) is 20.1. The number of unbranched alkanes of at least 4 members (excludes halogenated alkanes) is 3. The van der Waals surface area contributed by atoms with Crippen LogP contribution in [0.1, 0.15) is 38.2 Å². The lowest BCUT2D eigenvalue weighted by atomic mass is 9.97. The van der Waals surface area contributed by atoms with E-state index in [1.165, 1.54) is 101 Å². The van der Waals surface area contributed by atoms with Gasteiger partial charge >= 0.3 is 0 Å². The molecule has 0 aliphatic heterocycles. The molecule has 0 aliphatic rings. The van der Waals surface area contributed by atoms with Crippen molar-refractivity contribution in [1.29, 1.82) is 0 Å². The van der Waals surface area contributed by atoms with Crippen LogP contribution in [0.5, 0.6) is 0 Å². The molecule has 0 unspecified atom stereocenters. The molecular weight excluding hydrogens is 739 g/mol. The highest BCUT2D eigenvalue weighted by Gasteiger charge is 2.21. The lowest BCUT2D eigenvalue weighted by Crippen LogP contribution is -2.00. The highest BCUT2D eigenvalue weighted by molar-refractivity contribution is 6.17. The van der Waals surface area contributed by atoms with Crippen LogP contribution in [-0.2, 0) is 6.42 Å². The summed E-state index contributed by atoms with van der Waals surface area (Å²) >= 11 is 0. The summed E-state index contributed by atoms with van der Waals surface area (Å²) < 4.78 is 2.54. The summed E-state index contributed by atoms with van der Waals surface area (Å²) in [6.45, 7) is 2.29. The Morgan fingerprint density at radius 1 is 0.410 bits per heavy atom. The topological polar surface area (TPSA) is 29.0 Å². The molecule has 1 aromatic heterocycles. The van der Waals surface area contributed by atoms with Gasteiger partial charge in [0.15, 0.2) is 0 Å². The van der Waals surface area contributed by atoms with E-state index in [1.54, 1.807) is 0 Å². The molecule has 294 valence electrons. The van der Waals surface area contributed by atoms with Crippen LogP contribution < -0.4 is 10.6 Å². The van der Waals surface area contributed by atoms with Crippen molar-refractivity contribution >= 4 is 87.6 Å². The fourth-order valence-corrected chi connectivity index (χ4v) is 9.50. The number of rotatable bonds is 11. The second kappa shape index (κ2) is 15.7. The van der Waals surface area contributed by atoms with Gasteiger partial charge in [-0.1, -0.05) is 166 Å². The summed E-state index contributed by atoms with van der Waals surface area (Å²) in [5.41, 5.74) is 11.7. The Labute approximate surface area is 356 Å². The molecule has 10 aromatic carbocycles. The average molecular weight is 786 g/mol. The standard InChI is InChI=1S/C58H47N3/c1-2-3-4-5-22-46-35-57-52(38-56(46)60-55-28-15-24-42-19-11-13-26-50(42)55)53-37-47(59-54-27-14-23-41-18-10-12-25-49(41)54)36-51(45-30-29-39-16-6-8-20-43(39)33-45)58(53)61(57)48-32-31-40-17-7-9-21-44(40)34-48/h6-21,23-38,59-60H,2-5,22H2,1H3. The molecule has 0 saturated carbocycles. The molecule has 0 fully saturated rings. The second-order valence-electron chi connectivity index (χ2n) is 16.5. The number of aryl methyl sites for hydroxylation is 1. The summed E-state index contributed by atoms with van der Waals surface area (Å²) in [6, 6.07) is 71.4. The molecule has 0 bridgehead atoms. The minimum absolute atomic E-state index is 0.994. The van der Waals surface area contributed by atoms with Crippen LogP contribution in [0, 0.1) is 0 Å². The van der Waals surface area contributed by atoms with Gasteiger partial charge in [-0.05, 0) is 111 Å². The van der Waals surface area contributed by atoms with Gasteiger partial charge in [0.05, 0.1) is 11.0 Å². The maximum Gasteiger partial charge on any atom is 0.0621 e. The summed E-state index contributed by atoms with van der Waals surface area (Å²) in [6.07, 6.45) is 5.80. The number of nitrogens with one attached hydrogen (secondary N) is 2. The van der Waals surface area contributed by atoms with E-state index in [2.05, 4.69) is 216 Å². The first kappa shape index (κ1) is 36.7. The van der Waals surface area contributed by atoms with Crippen LogP contribution in [0.4, 0.5) is 22.7 Å². The lowest BCUT2D eigenvalue weighted by Gasteiger charge is -2.17. The van der Waals surface area contributed by atoms with Crippen molar-refractivity contribution in [3.05, 3.63) is 200 Å². The second-order valence-corrected chi connectivity index (χ2v) is 16.5. The molecule has 0 radical (unpaired) electrons. The smallest absolute Gasteiger partial charge is 0.0621 e. The maximum atomic E-state index is 4.00. The molecule has 11 aromatic rings. The van der Waals surface area contributed by atoms with Crippen molar-refractivity contribution in [3.8, 4) is 16.8 Å². The number of fused-ring (bicyclic) bond motifs is 7. The Balaban J connectivity index is 1.22. The van der Waals surface area contributed by atoms with Crippen molar-refractivity contribution in [2.45, 2.75) is 39.0 Å². The van der Waals surface area contributed by atoms with Crippen LogP contribution in [0.3, 0.4) is 0 Å². The van der Waals surface area contributed by atoms with Crippen molar-refractivity contribution in [3.63, 3.8) is 0 Å². The number of aromatic nitrogens is 1. The molecule has 1 heterocycles. The lowest BCUT2D eigenvalue weighted by molar-refractivity contribution is 0.667. The number of hydrogen-bond acceptors (Lipinski definition) is 2. The quantitative estimate of drug-likeness (QED) is 0.128. The SMILES string of the molecule is CCCCCCc1cc2c(cc1Nc1cccc3ccccc13)c1cc(Nc3cccc4ccccc34)cc(-c3ccc4ccccc4c3)c1n2-c1ccc2ccccc2c1. The van der Waals surface area contributed by atoms with Crippen LogP contribution in [0.2, 0.25) is 0 Å². The molecular formula is C58H47N3. The van der Waals surface area contributed by atoms with Gasteiger partial charge in [-0.2, -0.15) is 0 Å². The largest absolute Gasteiger partial charge is 0.355 e. The molecule has 0 atom stereocenters. The number of hydrogen-bond donors (Lipinski definition) is 2. The predicted molar refractivity (Wildman–Crippen MR) is 264 cm³/mol. The van der Waals surface area contributed by atoms with Crippen molar-refractivity contribution in [1.82, 2.24) is 4.57 Å². The first-order valence-electron chi connectivity index (χ1n) is 21.8. The van der Waals surface area contributed by atoms with Crippen molar-refractivity contribution in [2.75, 3.05) is 10.6 Å². The van der Waals surface area contributed by atoms with Gasteiger partial charge < -0.3 is 15.2 Å². The molecule has 0 aliphatic carbocycles. The maximum absolute atomic E-state index is 4.00. The molecule has 61 heavy (non-hydrogen) atoms. The predicted octanol–water partition coefficient (Wildman–Crippen LogP) is 16.7. The van der Waals surface area contributed by atoms with Gasteiger partial charge in [0, 0.05) is 55.5 Å². The van der Waals surface area contributed by atoms with Gasteiger partial charge in [0.25, 0.3) is 0 Å². The highest BCUT2D eigenvalue weighted by atomic mass is 15.0. The molecule has 0 spiro atoms. The van der Waals surface area contributed by atoms with Gasteiger partial charge in [0.1, 0.15) is 0 Å². The van der Waals surface area contributed by atoms with E-state index in [0.29, 0.717) is 0 Å². The third-order valence-corrected chi connectivity index (χ3v) is 12.6. The third kappa shape index (κ3) is 6.82. The fourth-order valence-electron chi connectivity index (χ4n) is 9.50. The van der Waals surface area contributed by atoms with E-state index >= 15 is 0 Å². The molecule has 0 amide bonds. The number of nitrogens with zero attached hydrogens (tertiary/aromatic N) is 1. The van der Waals surface area contributed by atoms with Gasteiger partial charge in [0.2, 0.25) is 0 Å². The number of benzene rings is 10. The monoisotopic (exact) mass is 785 g/mol. The molecule has 3 heteroatoms. The Kier molecular flexibility index (Phi) is 9.43. The van der Waals surface area contributed by atoms with E-state index in [-0.39, 0.29) is 0 Å². The average Bonchev–Trinajstić information content (AvgIpc) is 3.62. The molecule has 3 nitrogen and oxygen atoms in total. The Morgan fingerprint density at radius 3 is 1.72 bits per heavy atom. The molecule has 0 saturated heterocycles. The van der Waals surface area contributed by atoms with E-state index < -0.39 is 0 Å². The fraction of sp³-hybridized carbons (Fsp3) is 0.103. The first-order chi connectivity index (χ1) is 30.2. The van der Waals surface area contributed by atoms with Gasteiger partial charge in [-0.25, -0.2) is 0 Å². The first-order valence-corrected chi connectivity index (χ1v) is 21.8. The van der Waals surface area contributed by atoms with E-state index in [1.807, 2.05) is 0 Å².